The van der Waals surface area contributed by atoms with Crippen molar-refractivity contribution in [3.05, 3.63) is 59.7 Å². The number of carbonyl (C=O) groups is 2. The molecule has 2 N–H and O–H groups in total. The Hall–Kier alpha value is -2.62. The monoisotopic (exact) mass is 324 g/mol. The van der Waals surface area contributed by atoms with Crippen molar-refractivity contribution in [1.29, 1.82) is 0 Å². The minimum absolute atomic E-state index is 0.00204. The number of anilines is 2. The Kier molecular flexibility index (Phi) is 5.39. The summed E-state index contributed by atoms with van der Waals surface area (Å²) in [4.78, 5) is 23.6. The fraction of sp³-hybridized carbons (Fsp3) is 0.300. The zero-order chi connectivity index (χ0) is 17.7. The summed E-state index contributed by atoms with van der Waals surface area (Å²) in [6.07, 6.45) is 0. The molecular weight excluding hydrogens is 300 g/mol. The van der Waals surface area contributed by atoms with Gasteiger partial charge in [0.15, 0.2) is 5.78 Å². The highest BCUT2D eigenvalue weighted by molar-refractivity contribution is 5.96. The molecule has 1 amide bonds. The second-order valence-corrected chi connectivity index (χ2v) is 6.83. The Morgan fingerprint density at radius 3 is 2.38 bits per heavy atom. The third kappa shape index (κ3) is 4.69. The molecule has 0 aromatic heterocycles. The fourth-order valence-electron chi connectivity index (χ4n) is 2.47. The molecule has 0 aliphatic carbocycles. The van der Waals surface area contributed by atoms with E-state index in [0.717, 1.165) is 16.9 Å². The molecule has 0 bridgehead atoms. The number of ketones is 1. The van der Waals surface area contributed by atoms with Gasteiger partial charge in [0.2, 0.25) is 5.91 Å². The molecule has 0 saturated heterocycles. The van der Waals surface area contributed by atoms with Gasteiger partial charge in [-0.1, -0.05) is 51.1 Å². The standard InChI is InChI=1S/C20H24N2O2/c1-14(23)15-8-7-9-16(12-15)21-13-19(24)22-18-11-6-5-10-17(18)20(2,3)4/h5-12,21H,13H2,1-4H3,(H,22,24). The van der Waals surface area contributed by atoms with Gasteiger partial charge in [0, 0.05) is 16.9 Å². The highest BCUT2D eigenvalue weighted by atomic mass is 16.2. The lowest BCUT2D eigenvalue weighted by Crippen LogP contribution is -2.24. The lowest BCUT2D eigenvalue weighted by molar-refractivity contribution is -0.114. The van der Waals surface area contributed by atoms with Gasteiger partial charge in [0.05, 0.1) is 6.54 Å². The number of rotatable bonds is 5. The molecule has 0 unspecified atom stereocenters. The Balaban J connectivity index is 2.02. The van der Waals surface area contributed by atoms with E-state index in [9.17, 15) is 9.59 Å². The number of hydrogen-bond acceptors (Lipinski definition) is 3. The highest BCUT2D eigenvalue weighted by Gasteiger charge is 2.18. The summed E-state index contributed by atoms with van der Waals surface area (Å²) in [6.45, 7) is 8.01. The van der Waals surface area contributed by atoms with Crippen LogP contribution >= 0.6 is 0 Å². The summed E-state index contributed by atoms with van der Waals surface area (Å²) in [5.41, 5.74) is 3.25. The highest BCUT2D eigenvalue weighted by Crippen LogP contribution is 2.29. The van der Waals surface area contributed by atoms with Gasteiger partial charge < -0.3 is 10.6 Å². The average molecular weight is 324 g/mol. The minimum Gasteiger partial charge on any atom is -0.376 e. The van der Waals surface area contributed by atoms with Crippen LogP contribution in [0.1, 0.15) is 43.6 Å². The van der Waals surface area contributed by atoms with Crippen LogP contribution in [0.3, 0.4) is 0 Å². The first kappa shape index (κ1) is 17.7. The van der Waals surface area contributed by atoms with Crippen LogP contribution < -0.4 is 10.6 Å². The molecule has 2 rings (SSSR count). The fourth-order valence-corrected chi connectivity index (χ4v) is 2.47. The Morgan fingerprint density at radius 1 is 1.00 bits per heavy atom. The maximum atomic E-state index is 12.2. The van der Waals surface area contributed by atoms with Crippen molar-refractivity contribution in [3.8, 4) is 0 Å². The van der Waals surface area contributed by atoms with Crippen molar-refractivity contribution in [2.45, 2.75) is 33.1 Å². The van der Waals surface area contributed by atoms with E-state index in [0.29, 0.717) is 5.56 Å². The summed E-state index contributed by atoms with van der Waals surface area (Å²) in [6, 6.07) is 15.0. The van der Waals surface area contributed by atoms with Crippen LogP contribution in [0.4, 0.5) is 11.4 Å². The first-order valence-electron chi connectivity index (χ1n) is 8.01. The van der Waals surface area contributed by atoms with Crippen LogP contribution in [0.25, 0.3) is 0 Å². The van der Waals surface area contributed by atoms with E-state index in [-0.39, 0.29) is 23.7 Å². The molecule has 0 radical (unpaired) electrons. The molecule has 4 nitrogen and oxygen atoms in total. The number of nitrogens with one attached hydrogen (secondary N) is 2. The molecule has 2 aromatic rings. The predicted octanol–water partition coefficient (Wildman–Crippen LogP) is 4.24. The van der Waals surface area contributed by atoms with Gasteiger partial charge in [0.1, 0.15) is 0 Å². The molecule has 0 aliphatic heterocycles. The maximum absolute atomic E-state index is 12.2. The van der Waals surface area contributed by atoms with E-state index in [2.05, 4.69) is 31.4 Å². The Bertz CT molecular complexity index is 745. The zero-order valence-corrected chi connectivity index (χ0v) is 14.6. The summed E-state index contributed by atoms with van der Waals surface area (Å²) >= 11 is 0. The van der Waals surface area contributed by atoms with E-state index in [1.807, 2.05) is 30.3 Å². The van der Waals surface area contributed by atoms with Gasteiger partial charge in [0.25, 0.3) is 0 Å². The summed E-state index contributed by atoms with van der Waals surface area (Å²) in [5.74, 6) is -0.123. The number of hydrogen-bond donors (Lipinski definition) is 2. The molecule has 126 valence electrons. The van der Waals surface area contributed by atoms with E-state index in [4.69, 9.17) is 0 Å². The first-order valence-corrected chi connectivity index (χ1v) is 8.01. The van der Waals surface area contributed by atoms with Crippen molar-refractivity contribution < 1.29 is 9.59 Å². The van der Waals surface area contributed by atoms with Crippen LogP contribution in [0.15, 0.2) is 48.5 Å². The second-order valence-electron chi connectivity index (χ2n) is 6.83. The van der Waals surface area contributed by atoms with Crippen molar-refractivity contribution in [2.24, 2.45) is 0 Å². The summed E-state index contributed by atoms with van der Waals surface area (Å²) in [7, 11) is 0. The molecular formula is C20H24N2O2. The van der Waals surface area contributed by atoms with E-state index >= 15 is 0 Å². The average Bonchev–Trinajstić information content (AvgIpc) is 2.52. The van der Waals surface area contributed by atoms with Gasteiger partial charge in [-0.2, -0.15) is 0 Å². The number of para-hydroxylation sites is 1. The molecule has 0 heterocycles. The molecule has 24 heavy (non-hydrogen) atoms. The summed E-state index contributed by atoms with van der Waals surface area (Å²) < 4.78 is 0. The van der Waals surface area contributed by atoms with Gasteiger partial charge >= 0.3 is 0 Å². The topological polar surface area (TPSA) is 58.2 Å². The molecule has 4 heteroatoms. The van der Waals surface area contributed by atoms with Crippen LogP contribution in [0.5, 0.6) is 0 Å². The van der Waals surface area contributed by atoms with Crippen LogP contribution in [-0.4, -0.2) is 18.2 Å². The number of benzene rings is 2. The van der Waals surface area contributed by atoms with Crippen molar-refractivity contribution in [1.82, 2.24) is 0 Å². The molecule has 0 atom stereocenters. The third-order valence-corrected chi connectivity index (χ3v) is 3.73. The lowest BCUT2D eigenvalue weighted by atomic mass is 9.86. The van der Waals surface area contributed by atoms with Crippen molar-refractivity contribution in [3.63, 3.8) is 0 Å². The third-order valence-electron chi connectivity index (χ3n) is 3.73. The SMILES string of the molecule is CC(=O)c1cccc(NCC(=O)Nc2ccccc2C(C)(C)C)c1. The lowest BCUT2D eigenvalue weighted by Gasteiger charge is -2.23. The number of Topliss-reactive ketones (excluding diaryl/α,β-unsaturated/α-hetero) is 1. The van der Waals surface area contributed by atoms with E-state index in [1.54, 1.807) is 18.2 Å². The zero-order valence-electron chi connectivity index (χ0n) is 14.6. The van der Waals surface area contributed by atoms with E-state index < -0.39 is 0 Å². The molecule has 0 saturated carbocycles. The van der Waals surface area contributed by atoms with Gasteiger partial charge in [-0.05, 0) is 36.1 Å². The Morgan fingerprint density at radius 2 is 1.71 bits per heavy atom. The molecule has 0 spiro atoms. The van der Waals surface area contributed by atoms with Crippen LogP contribution in [0.2, 0.25) is 0 Å². The largest absolute Gasteiger partial charge is 0.376 e. The smallest absolute Gasteiger partial charge is 0.243 e. The molecule has 0 fully saturated rings. The van der Waals surface area contributed by atoms with Crippen molar-refractivity contribution >= 4 is 23.1 Å². The van der Waals surface area contributed by atoms with Crippen molar-refractivity contribution in [2.75, 3.05) is 17.2 Å². The maximum Gasteiger partial charge on any atom is 0.243 e. The minimum atomic E-state index is -0.125. The Labute approximate surface area is 143 Å². The second kappa shape index (κ2) is 7.30. The summed E-state index contributed by atoms with van der Waals surface area (Å²) in [5, 5.41) is 6.01. The van der Waals surface area contributed by atoms with E-state index in [1.165, 1.54) is 6.92 Å². The first-order chi connectivity index (χ1) is 11.3. The van der Waals surface area contributed by atoms with Crippen LogP contribution in [0, 0.1) is 0 Å². The predicted molar refractivity (Wildman–Crippen MR) is 98.7 cm³/mol. The molecule has 0 aliphatic rings. The van der Waals surface area contributed by atoms with Gasteiger partial charge in [-0.3, -0.25) is 9.59 Å². The number of carbonyl (C=O) groups excluding carboxylic acids is 2. The molecule has 2 aromatic carbocycles. The van der Waals surface area contributed by atoms with Crippen LogP contribution in [-0.2, 0) is 10.2 Å². The quantitative estimate of drug-likeness (QED) is 0.809. The number of amides is 1. The normalized spacial score (nSPS) is 11.0. The van der Waals surface area contributed by atoms with Gasteiger partial charge in [-0.25, -0.2) is 0 Å². The van der Waals surface area contributed by atoms with Gasteiger partial charge in [-0.15, -0.1) is 0 Å².